The van der Waals surface area contributed by atoms with Gasteiger partial charge in [0.15, 0.2) is 5.82 Å². The molecule has 10 heteroatoms. The zero-order valence-corrected chi connectivity index (χ0v) is 18.0. The van der Waals surface area contributed by atoms with Crippen molar-refractivity contribution in [2.75, 3.05) is 18.5 Å². The second-order valence-electron chi connectivity index (χ2n) is 7.93. The highest BCUT2D eigenvalue weighted by Crippen LogP contribution is 2.37. The number of amides is 1. The first-order valence-electron chi connectivity index (χ1n) is 10.2. The molecule has 32 heavy (non-hydrogen) atoms. The first-order chi connectivity index (χ1) is 15.5. The van der Waals surface area contributed by atoms with E-state index in [0.717, 1.165) is 11.1 Å². The molecule has 3 heterocycles. The number of hydrogen-bond donors (Lipinski definition) is 2. The lowest BCUT2D eigenvalue weighted by Crippen LogP contribution is -2.35. The maximum absolute atomic E-state index is 13.9. The van der Waals surface area contributed by atoms with Crippen molar-refractivity contribution < 1.29 is 19.0 Å². The topological polar surface area (TPSA) is 92.5 Å². The Hall–Kier alpha value is -3.01. The number of aromatic nitrogens is 3. The number of fused-ring (bicyclic) bond motifs is 2. The lowest BCUT2D eigenvalue weighted by Gasteiger charge is -2.27. The summed E-state index contributed by atoms with van der Waals surface area (Å²) in [4.78, 5) is 14.5. The van der Waals surface area contributed by atoms with E-state index in [1.165, 1.54) is 12.1 Å². The average molecular weight is 458 g/mol. The fourth-order valence-electron chi connectivity index (χ4n) is 4.22. The summed E-state index contributed by atoms with van der Waals surface area (Å²) in [5.41, 5.74) is 2.56. The Morgan fingerprint density at radius 3 is 2.97 bits per heavy atom. The van der Waals surface area contributed by atoms with Gasteiger partial charge in [0.2, 0.25) is 5.95 Å². The van der Waals surface area contributed by atoms with Gasteiger partial charge in [0.1, 0.15) is 12.4 Å². The van der Waals surface area contributed by atoms with Gasteiger partial charge in [0.25, 0.3) is 5.91 Å². The van der Waals surface area contributed by atoms with Crippen molar-refractivity contribution >= 4 is 29.1 Å². The van der Waals surface area contributed by atoms with Crippen molar-refractivity contribution in [3.05, 3.63) is 69.8 Å². The molecule has 0 spiro atoms. The predicted octanol–water partition coefficient (Wildman–Crippen LogP) is 3.27. The number of halogens is 2. The van der Waals surface area contributed by atoms with Crippen LogP contribution in [0.3, 0.4) is 0 Å². The molecule has 2 atom stereocenters. The summed E-state index contributed by atoms with van der Waals surface area (Å²) < 4.78 is 21.4. The van der Waals surface area contributed by atoms with E-state index in [1.807, 2.05) is 10.6 Å². The van der Waals surface area contributed by atoms with Crippen molar-refractivity contribution in [1.82, 2.24) is 19.7 Å². The van der Waals surface area contributed by atoms with E-state index in [0.29, 0.717) is 47.8 Å². The van der Waals surface area contributed by atoms with Crippen LogP contribution >= 0.6 is 11.6 Å². The fourth-order valence-corrected chi connectivity index (χ4v) is 4.48. The van der Waals surface area contributed by atoms with E-state index < -0.39 is 0 Å². The molecule has 2 aliphatic heterocycles. The SMILES string of the molecule is CC(CO)N1Cc2c(Nc3nnc4n3C(c3cccc(F)c3)COC4)ccc(Cl)c2C1=O. The predicted molar refractivity (Wildman–Crippen MR) is 115 cm³/mol. The molecule has 2 unspecified atom stereocenters. The molecule has 1 aromatic heterocycles. The van der Waals surface area contributed by atoms with Crippen LogP contribution in [0, 0.1) is 5.82 Å². The van der Waals surface area contributed by atoms with Gasteiger partial charge in [-0.2, -0.15) is 0 Å². The van der Waals surface area contributed by atoms with Crippen LogP contribution < -0.4 is 5.32 Å². The molecular formula is C22H21ClFN5O3. The number of aliphatic hydroxyl groups excluding tert-OH is 1. The minimum Gasteiger partial charge on any atom is -0.394 e. The van der Waals surface area contributed by atoms with Crippen LogP contribution in [-0.4, -0.2) is 49.9 Å². The van der Waals surface area contributed by atoms with Crippen LogP contribution in [0.4, 0.5) is 16.0 Å². The summed E-state index contributed by atoms with van der Waals surface area (Å²) in [7, 11) is 0. The summed E-state index contributed by atoms with van der Waals surface area (Å²) >= 11 is 6.34. The number of carbonyl (C=O) groups excluding carboxylic acids is 1. The molecule has 8 nitrogen and oxygen atoms in total. The third-order valence-electron chi connectivity index (χ3n) is 5.93. The average Bonchev–Trinajstić information content (AvgIpc) is 3.37. The summed E-state index contributed by atoms with van der Waals surface area (Å²) in [5.74, 6) is 0.530. The van der Waals surface area contributed by atoms with Gasteiger partial charge in [-0.25, -0.2) is 4.39 Å². The largest absolute Gasteiger partial charge is 0.394 e. The molecule has 0 fully saturated rings. The van der Waals surface area contributed by atoms with Crippen LogP contribution in [0.15, 0.2) is 36.4 Å². The molecule has 0 bridgehead atoms. The minimum absolute atomic E-state index is 0.146. The fraction of sp³-hybridized carbons (Fsp3) is 0.318. The number of aliphatic hydroxyl groups is 1. The molecule has 0 saturated carbocycles. The van der Waals surface area contributed by atoms with Crippen molar-refractivity contribution in [1.29, 1.82) is 0 Å². The van der Waals surface area contributed by atoms with Crippen molar-refractivity contribution in [3.63, 3.8) is 0 Å². The summed E-state index contributed by atoms with van der Waals surface area (Å²) in [6, 6.07) is 9.17. The van der Waals surface area contributed by atoms with Crippen LogP contribution in [0.25, 0.3) is 0 Å². The Balaban J connectivity index is 1.53. The van der Waals surface area contributed by atoms with E-state index in [2.05, 4.69) is 15.5 Å². The number of carbonyl (C=O) groups is 1. The third-order valence-corrected chi connectivity index (χ3v) is 6.24. The highest BCUT2D eigenvalue weighted by molar-refractivity contribution is 6.34. The highest BCUT2D eigenvalue weighted by atomic mass is 35.5. The summed E-state index contributed by atoms with van der Waals surface area (Å²) in [5, 5.41) is 21.7. The van der Waals surface area contributed by atoms with E-state index in [1.54, 1.807) is 30.0 Å². The first-order valence-corrected chi connectivity index (χ1v) is 10.6. The van der Waals surface area contributed by atoms with Gasteiger partial charge in [-0.3, -0.25) is 9.36 Å². The number of anilines is 2. The Labute approximate surface area is 188 Å². The van der Waals surface area contributed by atoms with Gasteiger partial charge in [0, 0.05) is 17.8 Å². The standard InChI is InChI=1S/C22H21ClFN5O3/c1-12(9-30)28-8-15-17(6-5-16(23)20(15)21(28)31)25-22-27-26-19-11-32-10-18(29(19)22)13-3-2-4-14(24)7-13/h2-7,12,18,30H,8-11H2,1H3,(H,25,27). The van der Waals surface area contributed by atoms with E-state index >= 15 is 0 Å². The number of nitrogens with zero attached hydrogens (tertiary/aromatic N) is 4. The van der Waals surface area contributed by atoms with Gasteiger partial charge in [0.05, 0.1) is 35.9 Å². The maximum atomic E-state index is 13.9. The van der Waals surface area contributed by atoms with Crippen LogP contribution in [0.5, 0.6) is 0 Å². The normalized spacial score (nSPS) is 18.4. The van der Waals surface area contributed by atoms with Crippen LogP contribution in [0.2, 0.25) is 5.02 Å². The molecule has 0 radical (unpaired) electrons. The first kappa shape index (κ1) is 20.9. The number of nitrogens with one attached hydrogen (secondary N) is 1. The lowest BCUT2D eigenvalue weighted by atomic mass is 10.1. The second kappa shape index (κ2) is 8.16. The second-order valence-corrected chi connectivity index (χ2v) is 8.34. The van der Waals surface area contributed by atoms with Crippen molar-refractivity contribution in [3.8, 4) is 0 Å². The Kier molecular flexibility index (Phi) is 5.32. The maximum Gasteiger partial charge on any atom is 0.256 e. The smallest absolute Gasteiger partial charge is 0.256 e. The highest BCUT2D eigenvalue weighted by Gasteiger charge is 2.35. The van der Waals surface area contributed by atoms with E-state index in [-0.39, 0.29) is 30.4 Å². The molecule has 2 N–H and O–H groups in total. The Morgan fingerprint density at radius 2 is 2.19 bits per heavy atom. The summed E-state index contributed by atoms with van der Waals surface area (Å²) in [6.07, 6.45) is 0. The number of ether oxygens (including phenoxy) is 1. The van der Waals surface area contributed by atoms with Crippen LogP contribution in [0.1, 0.15) is 40.3 Å². The van der Waals surface area contributed by atoms with Gasteiger partial charge in [-0.15, -0.1) is 10.2 Å². The number of hydrogen-bond acceptors (Lipinski definition) is 6. The van der Waals surface area contributed by atoms with Gasteiger partial charge in [-0.1, -0.05) is 23.7 Å². The number of rotatable bonds is 5. The summed E-state index contributed by atoms with van der Waals surface area (Å²) in [6.45, 7) is 2.59. The molecule has 1 amide bonds. The Bertz CT molecular complexity index is 1200. The molecule has 166 valence electrons. The molecule has 0 saturated heterocycles. The lowest BCUT2D eigenvalue weighted by molar-refractivity contribution is 0.0644. The van der Waals surface area contributed by atoms with E-state index in [9.17, 15) is 14.3 Å². The van der Waals surface area contributed by atoms with Gasteiger partial charge in [-0.05, 0) is 36.8 Å². The van der Waals surface area contributed by atoms with Gasteiger partial charge >= 0.3 is 0 Å². The molecule has 2 aliphatic rings. The zero-order valence-electron chi connectivity index (χ0n) is 17.3. The molecule has 5 rings (SSSR count). The van der Waals surface area contributed by atoms with Crippen molar-refractivity contribution in [2.45, 2.75) is 32.2 Å². The van der Waals surface area contributed by atoms with E-state index in [4.69, 9.17) is 16.3 Å². The van der Waals surface area contributed by atoms with Crippen molar-refractivity contribution in [2.24, 2.45) is 0 Å². The van der Waals surface area contributed by atoms with Gasteiger partial charge < -0.3 is 20.1 Å². The van der Waals surface area contributed by atoms with Crippen LogP contribution in [-0.2, 0) is 17.9 Å². The molecule has 2 aromatic carbocycles. The quantitative estimate of drug-likeness (QED) is 0.611. The molecule has 0 aliphatic carbocycles. The molecule has 3 aromatic rings. The third kappa shape index (κ3) is 3.42. The Morgan fingerprint density at radius 1 is 1.34 bits per heavy atom. The molecular weight excluding hydrogens is 437 g/mol. The number of benzene rings is 2. The minimum atomic E-state index is -0.339. The monoisotopic (exact) mass is 457 g/mol. The zero-order chi connectivity index (χ0) is 22.4.